The standard InChI is InChI=1S/C20H20N4O3/c1-13(15-5-3-2-4-6-15)23-20-16-9-18(24(25)26)19(27-11-14-7-8-14)10-17(16)21-12-22-20/h2-6,9-10,12-14H,7-8,11H2,1H3,(H,21,22,23). The number of rotatable bonds is 7. The van der Waals surface area contributed by atoms with E-state index in [1.165, 1.54) is 12.4 Å². The van der Waals surface area contributed by atoms with E-state index in [1.54, 1.807) is 6.07 Å². The van der Waals surface area contributed by atoms with Crippen molar-refractivity contribution in [2.45, 2.75) is 25.8 Å². The van der Waals surface area contributed by atoms with Gasteiger partial charge in [-0.15, -0.1) is 0 Å². The zero-order valence-corrected chi connectivity index (χ0v) is 15.0. The van der Waals surface area contributed by atoms with Gasteiger partial charge in [0, 0.05) is 23.6 Å². The van der Waals surface area contributed by atoms with Crippen LogP contribution in [0.15, 0.2) is 48.8 Å². The second-order valence-corrected chi connectivity index (χ2v) is 6.85. The van der Waals surface area contributed by atoms with Gasteiger partial charge in [0.05, 0.1) is 17.0 Å². The van der Waals surface area contributed by atoms with Crippen molar-refractivity contribution in [3.63, 3.8) is 0 Å². The second kappa shape index (κ2) is 7.19. The Morgan fingerprint density at radius 1 is 1.26 bits per heavy atom. The maximum absolute atomic E-state index is 11.5. The predicted octanol–water partition coefficient (Wildman–Crippen LogP) is 4.50. The van der Waals surface area contributed by atoms with Gasteiger partial charge < -0.3 is 10.1 Å². The summed E-state index contributed by atoms with van der Waals surface area (Å²) in [6.45, 7) is 2.53. The van der Waals surface area contributed by atoms with Gasteiger partial charge >= 0.3 is 5.69 Å². The molecule has 1 fully saturated rings. The van der Waals surface area contributed by atoms with E-state index < -0.39 is 4.92 Å². The molecule has 2 aromatic carbocycles. The monoisotopic (exact) mass is 364 g/mol. The minimum absolute atomic E-state index is 0.00542. The summed E-state index contributed by atoms with van der Waals surface area (Å²) in [4.78, 5) is 19.7. The highest BCUT2D eigenvalue weighted by molar-refractivity contribution is 5.92. The lowest BCUT2D eigenvalue weighted by molar-refractivity contribution is -0.385. The van der Waals surface area contributed by atoms with Crippen molar-refractivity contribution in [2.24, 2.45) is 5.92 Å². The van der Waals surface area contributed by atoms with Crippen LogP contribution in [0.4, 0.5) is 11.5 Å². The lowest BCUT2D eigenvalue weighted by atomic mass is 10.1. The van der Waals surface area contributed by atoms with Crippen LogP contribution in [0.2, 0.25) is 0 Å². The number of ether oxygens (including phenoxy) is 1. The average molecular weight is 364 g/mol. The SMILES string of the molecule is CC(Nc1ncnc2cc(OCC3CC3)c([N+](=O)[O-])cc12)c1ccccc1. The van der Waals surface area contributed by atoms with Gasteiger partial charge in [-0.25, -0.2) is 9.97 Å². The van der Waals surface area contributed by atoms with Gasteiger partial charge in [0.25, 0.3) is 0 Å². The Bertz CT molecular complexity index is 974. The summed E-state index contributed by atoms with van der Waals surface area (Å²) in [6, 6.07) is 13.1. The molecule has 138 valence electrons. The molecule has 0 bridgehead atoms. The van der Waals surface area contributed by atoms with Crippen molar-refractivity contribution < 1.29 is 9.66 Å². The fourth-order valence-electron chi connectivity index (χ4n) is 2.97. The Kier molecular flexibility index (Phi) is 4.58. The van der Waals surface area contributed by atoms with Crippen molar-refractivity contribution in [2.75, 3.05) is 11.9 Å². The van der Waals surface area contributed by atoms with Crippen molar-refractivity contribution in [1.29, 1.82) is 0 Å². The number of benzene rings is 2. The van der Waals surface area contributed by atoms with Crippen molar-refractivity contribution in [3.8, 4) is 5.75 Å². The highest BCUT2D eigenvalue weighted by Crippen LogP contribution is 2.36. The number of fused-ring (bicyclic) bond motifs is 1. The molecule has 7 nitrogen and oxygen atoms in total. The van der Waals surface area contributed by atoms with E-state index in [4.69, 9.17) is 4.74 Å². The molecule has 1 unspecified atom stereocenters. The smallest absolute Gasteiger partial charge is 0.311 e. The normalized spacial score (nSPS) is 14.7. The summed E-state index contributed by atoms with van der Waals surface area (Å²) in [5.41, 5.74) is 1.65. The van der Waals surface area contributed by atoms with Crippen LogP contribution in [0.5, 0.6) is 5.75 Å². The third kappa shape index (κ3) is 3.81. The maximum Gasteiger partial charge on any atom is 0.311 e. The molecule has 1 aromatic heterocycles. The first-order valence-corrected chi connectivity index (χ1v) is 8.99. The number of hydrogen-bond acceptors (Lipinski definition) is 6. The topological polar surface area (TPSA) is 90.2 Å². The van der Waals surface area contributed by atoms with E-state index in [1.807, 2.05) is 37.3 Å². The van der Waals surface area contributed by atoms with Crippen LogP contribution in [0.25, 0.3) is 10.9 Å². The number of aromatic nitrogens is 2. The Labute approximate surface area is 156 Å². The molecule has 1 aliphatic rings. The fraction of sp³-hybridized carbons (Fsp3) is 0.300. The van der Waals surface area contributed by atoms with Crippen molar-refractivity contribution in [1.82, 2.24) is 9.97 Å². The molecule has 1 aliphatic carbocycles. The number of nitro groups is 1. The highest BCUT2D eigenvalue weighted by Gasteiger charge is 2.25. The highest BCUT2D eigenvalue weighted by atomic mass is 16.6. The summed E-state index contributed by atoms with van der Waals surface area (Å²) < 4.78 is 5.70. The van der Waals surface area contributed by atoms with Crippen LogP contribution in [0, 0.1) is 16.0 Å². The molecule has 4 rings (SSSR count). The van der Waals surface area contributed by atoms with Gasteiger partial charge in [-0.3, -0.25) is 10.1 Å². The number of anilines is 1. The van der Waals surface area contributed by atoms with Crippen molar-refractivity contribution >= 4 is 22.4 Å². The van der Waals surface area contributed by atoms with Crippen molar-refractivity contribution in [3.05, 3.63) is 64.5 Å². The van der Waals surface area contributed by atoms with Gasteiger partial charge in [-0.2, -0.15) is 0 Å². The third-order valence-corrected chi connectivity index (χ3v) is 4.74. The maximum atomic E-state index is 11.5. The molecule has 0 spiro atoms. The van der Waals surface area contributed by atoms with Gasteiger partial charge in [-0.1, -0.05) is 30.3 Å². The van der Waals surface area contributed by atoms with Crippen LogP contribution < -0.4 is 10.1 Å². The molecule has 1 atom stereocenters. The summed E-state index contributed by atoms with van der Waals surface area (Å²) in [5.74, 6) is 1.34. The second-order valence-electron chi connectivity index (χ2n) is 6.85. The number of nitro benzene ring substituents is 1. The molecule has 0 radical (unpaired) electrons. The molecule has 0 saturated heterocycles. The molecular weight excluding hydrogens is 344 g/mol. The Hall–Kier alpha value is -3.22. The van der Waals surface area contributed by atoms with Gasteiger partial charge in [0.2, 0.25) is 0 Å². The average Bonchev–Trinajstić information content (AvgIpc) is 3.51. The lowest BCUT2D eigenvalue weighted by Gasteiger charge is -2.16. The summed E-state index contributed by atoms with van der Waals surface area (Å²) in [6.07, 6.45) is 3.70. The Morgan fingerprint density at radius 2 is 2.04 bits per heavy atom. The van der Waals surface area contributed by atoms with Crippen LogP contribution >= 0.6 is 0 Å². The molecule has 0 amide bonds. The largest absolute Gasteiger partial charge is 0.486 e. The van der Waals surface area contributed by atoms with Gasteiger partial charge in [-0.05, 0) is 31.2 Å². The summed E-state index contributed by atoms with van der Waals surface area (Å²) in [7, 11) is 0. The van der Waals surface area contributed by atoms with E-state index in [9.17, 15) is 10.1 Å². The van der Waals surface area contributed by atoms with E-state index in [-0.39, 0.29) is 17.5 Å². The first kappa shape index (κ1) is 17.2. The van der Waals surface area contributed by atoms with E-state index in [0.717, 1.165) is 18.4 Å². The van der Waals surface area contributed by atoms with E-state index >= 15 is 0 Å². The zero-order chi connectivity index (χ0) is 18.8. The number of hydrogen-bond donors (Lipinski definition) is 1. The minimum atomic E-state index is -0.418. The van der Waals surface area contributed by atoms with Crippen LogP contribution in [0.1, 0.15) is 31.4 Å². The molecule has 7 heteroatoms. The molecule has 0 aliphatic heterocycles. The van der Waals surface area contributed by atoms with Crippen LogP contribution in [0.3, 0.4) is 0 Å². The molecule has 1 heterocycles. The first-order valence-electron chi connectivity index (χ1n) is 8.99. The quantitative estimate of drug-likeness (QED) is 0.490. The fourth-order valence-corrected chi connectivity index (χ4v) is 2.97. The Morgan fingerprint density at radius 3 is 2.74 bits per heavy atom. The van der Waals surface area contributed by atoms with Crippen LogP contribution in [-0.4, -0.2) is 21.5 Å². The molecular formula is C20H20N4O3. The Balaban J connectivity index is 1.68. The molecule has 3 aromatic rings. The summed E-state index contributed by atoms with van der Waals surface area (Å²) >= 11 is 0. The predicted molar refractivity (Wildman–Crippen MR) is 103 cm³/mol. The molecule has 27 heavy (non-hydrogen) atoms. The molecule has 1 N–H and O–H groups in total. The van der Waals surface area contributed by atoms with Crippen LogP contribution in [-0.2, 0) is 0 Å². The number of nitrogens with one attached hydrogen (secondary N) is 1. The van der Waals surface area contributed by atoms with Gasteiger partial charge in [0.1, 0.15) is 12.1 Å². The first-order chi connectivity index (χ1) is 13.1. The van der Waals surface area contributed by atoms with E-state index in [0.29, 0.717) is 29.2 Å². The molecule has 1 saturated carbocycles. The number of nitrogens with zero attached hydrogens (tertiary/aromatic N) is 3. The summed E-state index contributed by atoms with van der Waals surface area (Å²) in [5, 5.41) is 15.5. The third-order valence-electron chi connectivity index (χ3n) is 4.74. The zero-order valence-electron chi connectivity index (χ0n) is 15.0. The minimum Gasteiger partial charge on any atom is -0.486 e. The lowest BCUT2D eigenvalue weighted by Crippen LogP contribution is -2.09. The van der Waals surface area contributed by atoms with E-state index in [2.05, 4.69) is 15.3 Å². The van der Waals surface area contributed by atoms with Gasteiger partial charge in [0.15, 0.2) is 5.75 Å².